The van der Waals surface area contributed by atoms with Gasteiger partial charge in [0.25, 0.3) is 11.8 Å². The third-order valence-electron chi connectivity index (χ3n) is 4.71. The second kappa shape index (κ2) is 8.34. The van der Waals surface area contributed by atoms with Crippen LogP contribution in [0.15, 0.2) is 65.7 Å². The molecule has 3 aromatic rings. The Bertz CT molecular complexity index is 1160. The smallest absolute Gasteiger partial charge is 0.282 e. The van der Waals surface area contributed by atoms with E-state index in [9.17, 15) is 9.59 Å². The fourth-order valence-corrected chi connectivity index (χ4v) is 4.26. The summed E-state index contributed by atoms with van der Waals surface area (Å²) >= 11 is 7.56. The minimum absolute atomic E-state index is 0.217. The predicted octanol–water partition coefficient (Wildman–Crippen LogP) is 5.51. The van der Waals surface area contributed by atoms with Gasteiger partial charge in [-0.15, -0.1) is 11.3 Å². The van der Waals surface area contributed by atoms with Crippen LogP contribution in [0.25, 0.3) is 5.57 Å². The molecule has 152 valence electrons. The summed E-state index contributed by atoms with van der Waals surface area (Å²) in [4.78, 5) is 28.8. The molecular formula is C23H19ClN2O3S. The molecule has 1 aromatic heterocycles. The van der Waals surface area contributed by atoms with Crippen LogP contribution in [0, 0.1) is 6.92 Å². The third kappa shape index (κ3) is 3.60. The largest absolute Gasteiger partial charge is 0.492 e. The molecule has 0 aliphatic carbocycles. The lowest BCUT2D eigenvalue weighted by Gasteiger charge is -2.18. The zero-order valence-electron chi connectivity index (χ0n) is 16.4. The molecule has 5 nitrogen and oxygen atoms in total. The van der Waals surface area contributed by atoms with Crippen molar-refractivity contribution in [1.29, 1.82) is 0 Å². The third-order valence-corrected chi connectivity index (χ3v) is 5.83. The van der Waals surface area contributed by atoms with Crippen LogP contribution in [-0.2, 0) is 9.59 Å². The number of carbonyl (C=O) groups excluding carboxylic acids is 2. The van der Waals surface area contributed by atoms with Gasteiger partial charge < -0.3 is 10.1 Å². The van der Waals surface area contributed by atoms with Crippen LogP contribution in [0.1, 0.15) is 17.4 Å². The SMILES string of the molecule is CCOc1ccccc1NC1=C(c2cccs2)C(=O)N(c2cc(Cl)ccc2C)C1=O. The molecule has 4 rings (SSSR count). The number of nitrogens with zero attached hydrogens (tertiary/aromatic N) is 1. The highest BCUT2D eigenvalue weighted by molar-refractivity contribution is 7.11. The molecule has 30 heavy (non-hydrogen) atoms. The van der Waals surface area contributed by atoms with Crippen LogP contribution in [0.2, 0.25) is 5.02 Å². The Labute approximate surface area is 183 Å². The van der Waals surface area contributed by atoms with Gasteiger partial charge in [0.1, 0.15) is 11.4 Å². The van der Waals surface area contributed by atoms with Gasteiger partial charge in [-0.05, 0) is 55.1 Å². The number of thiophene rings is 1. The number of aryl methyl sites for hydroxylation is 1. The monoisotopic (exact) mass is 438 g/mol. The van der Waals surface area contributed by atoms with E-state index in [-0.39, 0.29) is 11.6 Å². The number of rotatable bonds is 6. The number of imide groups is 1. The summed E-state index contributed by atoms with van der Waals surface area (Å²) in [5.41, 5.74) is 2.42. The standard InChI is InChI=1S/C23H19ClN2O3S/c1-3-29-18-8-5-4-7-16(18)25-21-20(19-9-6-12-30-19)22(27)26(23(21)28)17-13-15(24)11-10-14(17)2/h4-13,25H,3H2,1-2H3. The van der Waals surface area contributed by atoms with Gasteiger partial charge in [-0.25, -0.2) is 4.90 Å². The summed E-state index contributed by atoms with van der Waals surface area (Å²) in [6.45, 7) is 4.21. The zero-order chi connectivity index (χ0) is 21.3. The van der Waals surface area contributed by atoms with Crippen molar-refractivity contribution in [2.75, 3.05) is 16.8 Å². The van der Waals surface area contributed by atoms with E-state index in [2.05, 4.69) is 5.32 Å². The first kappa shape index (κ1) is 20.2. The van der Waals surface area contributed by atoms with Gasteiger partial charge in [-0.3, -0.25) is 9.59 Å². The summed E-state index contributed by atoms with van der Waals surface area (Å²) in [5.74, 6) is -0.208. The molecule has 2 heterocycles. The Hall–Kier alpha value is -3.09. The predicted molar refractivity (Wildman–Crippen MR) is 121 cm³/mol. The molecule has 0 saturated carbocycles. The molecule has 0 saturated heterocycles. The van der Waals surface area contributed by atoms with Gasteiger partial charge in [0, 0.05) is 9.90 Å². The number of amides is 2. The van der Waals surface area contributed by atoms with Crippen LogP contribution < -0.4 is 15.0 Å². The molecule has 0 radical (unpaired) electrons. The van der Waals surface area contributed by atoms with Gasteiger partial charge >= 0.3 is 0 Å². The maximum atomic E-state index is 13.5. The van der Waals surface area contributed by atoms with Gasteiger partial charge in [0.15, 0.2) is 0 Å². The van der Waals surface area contributed by atoms with E-state index in [4.69, 9.17) is 16.3 Å². The van der Waals surface area contributed by atoms with E-state index in [1.165, 1.54) is 16.2 Å². The minimum Gasteiger partial charge on any atom is -0.492 e. The highest BCUT2D eigenvalue weighted by Gasteiger charge is 2.41. The van der Waals surface area contributed by atoms with E-state index in [1.807, 2.05) is 55.6 Å². The lowest BCUT2D eigenvalue weighted by molar-refractivity contribution is -0.120. The number of hydrogen-bond acceptors (Lipinski definition) is 5. The molecule has 0 unspecified atom stereocenters. The van der Waals surface area contributed by atoms with Crippen LogP contribution in [0.3, 0.4) is 0 Å². The Balaban J connectivity index is 1.82. The lowest BCUT2D eigenvalue weighted by atomic mass is 10.1. The second-order valence-electron chi connectivity index (χ2n) is 6.66. The number of halogens is 1. The number of nitrogens with one attached hydrogen (secondary N) is 1. The van der Waals surface area contributed by atoms with Crippen molar-refractivity contribution in [2.45, 2.75) is 13.8 Å². The number of ether oxygens (including phenoxy) is 1. The Morgan fingerprint density at radius 2 is 1.87 bits per heavy atom. The number of para-hydroxylation sites is 2. The average Bonchev–Trinajstić information content (AvgIpc) is 3.33. The van der Waals surface area contributed by atoms with Gasteiger partial charge in [0.2, 0.25) is 0 Å². The average molecular weight is 439 g/mol. The number of anilines is 2. The van der Waals surface area contributed by atoms with Crippen molar-refractivity contribution in [3.8, 4) is 5.75 Å². The van der Waals surface area contributed by atoms with E-state index in [1.54, 1.807) is 18.2 Å². The Morgan fingerprint density at radius 1 is 1.07 bits per heavy atom. The maximum Gasteiger partial charge on any atom is 0.282 e. The first-order valence-electron chi connectivity index (χ1n) is 9.43. The summed E-state index contributed by atoms with van der Waals surface area (Å²) < 4.78 is 5.67. The molecule has 2 amide bonds. The van der Waals surface area contributed by atoms with Crippen molar-refractivity contribution < 1.29 is 14.3 Å². The van der Waals surface area contributed by atoms with Crippen molar-refractivity contribution in [3.63, 3.8) is 0 Å². The fourth-order valence-electron chi connectivity index (χ4n) is 3.32. The topological polar surface area (TPSA) is 58.6 Å². The van der Waals surface area contributed by atoms with Crippen molar-refractivity contribution in [2.24, 2.45) is 0 Å². The maximum absolute atomic E-state index is 13.5. The molecule has 1 aliphatic rings. The molecular weight excluding hydrogens is 420 g/mol. The Morgan fingerprint density at radius 3 is 2.60 bits per heavy atom. The van der Waals surface area contributed by atoms with Crippen LogP contribution >= 0.6 is 22.9 Å². The van der Waals surface area contributed by atoms with Gasteiger partial charge in [-0.1, -0.05) is 35.9 Å². The first-order valence-corrected chi connectivity index (χ1v) is 10.7. The zero-order valence-corrected chi connectivity index (χ0v) is 18.0. The summed E-state index contributed by atoms with van der Waals surface area (Å²) in [7, 11) is 0. The first-order chi connectivity index (χ1) is 14.5. The summed E-state index contributed by atoms with van der Waals surface area (Å²) in [6.07, 6.45) is 0. The highest BCUT2D eigenvalue weighted by atomic mass is 35.5. The van der Waals surface area contributed by atoms with E-state index >= 15 is 0 Å². The van der Waals surface area contributed by atoms with E-state index < -0.39 is 5.91 Å². The Kier molecular flexibility index (Phi) is 5.61. The minimum atomic E-state index is -0.430. The van der Waals surface area contributed by atoms with E-state index in [0.717, 1.165) is 5.56 Å². The summed E-state index contributed by atoms with van der Waals surface area (Å²) in [6, 6.07) is 16.2. The van der Waals surface area contributed by atoms with Crippen molar-refractivity contribution in [1.82, 2.24) is 0 Å². The quantitative estimate of drug-likeness (QED) is 0.516. The summed E-state index contributed by atoms with van der Waals surface area (Å²) in [5, 5.41) is 5.49. The number of benzene rings is 2. The number of carbonyl (C=O) groups is 2. The molecule has 0 spiro atoms. The molecule has 1 N–H and O–H groups in total. The second-order valence-corrected chi connectivity index (χ2v) is 8.04. The normalized spacial score (nSPS) is 13.9. The molecule has 0 bridgehead atoms. The lowest BCUT2D eigenvalue weighted by Crippen LogP contribution is -2.33. The van der Waals surface area contributed by atoms with Crippen LogP contribution in [0.5, 0.6) is 5.75 Å². The fraction of sp³-hybridized carbons (Fsp3) is 0.130. The van der Waals surface area contributed by atoms with Gasteiger partial charge in [0.05, 0.1) is 23.6 Å². The molecule has 7 heteroatoms. The van der Waals surface area contributed by atoms with Crippen molar-refractivity contribution in [3.05, 3.63) is 81.1 Å². The molecule has 0 atom stereocenters. The van der Waals surface area contributed by atoms with E-state index in [0.29, 0.717) is 39.2 Å². The van der Waals surface area contributed by atoms with Crippen molar-refractivity contribution >= 4 is 51.7 Å². The van der Waals surface area contributed by atoms with Crippen LogP contribution in [-0.4, -0.2) is 18.4 Å². The highest BCUT2D eigenvalue weighted by Crippen LogP contribution is 2.38. The molecule has 2 aromatic carbocycles. The van der Waals surface area contributed by atoms with Crippen LogP contribution in [0.4, 0.5) is 11.4 Å². The van der Waals surface area contributed by atoms with Gasteiger partial charge in [-0.2, -0.15) is 0 Å². The number of hydrogen-bond donors (Lipinski definition) is 1. The molecule has 0 fully saturated rings. The molecule has 1 aliphatic heterocycles.